The molecule has 0 radical (unpaired) electrons. The second-order valence-corrected chi connectivity index (χ2v) is 7.39. The predicted molar refractivity (Wildman–Crippen MR) is 100 cm³/mol. The van der Waals surface area contributed by atoms with Crippen LogP contribution in [0.25, 0.3) is 0 Å². The van der Waals surface area contributed by atoms with Gasteiger partial charge in [-0.05, 0) is 42.3 Å². The van der Waals surface area contributed by atoms with Gasteiger partial charge in [-0.1, -0.05) is 0 Å². The molecule has 6 nitrogen and oxygen atoms in total. The molecule has 0 saturated carbocycles. The number of anilines is 2. The van der Waals surface area contributed by atoms with E-state index in [1.807, 2.05) is 0 Å². The zero-order valence-electron chi connectivity index (χ0n) is 14.8. The van der Waals surface area contributed by atoms with Crippen LogP contribution in [-0.2, 0) is 16.0 Å². The lowest BCUT2D eigenvalue weighted by Crippen LogP contribution is -2.34. The van der Waals surface area contributed by atoms with E-state index in [0.29, 0.717) is 41.6 Å². The van der Waals surface area contributed by atoms with Gasteiger partial charge in [0.2, 0.25) is 5.91 Å². The van der Waals surface area contributed by atoms with Gasteiger partial charge in [-0.2, -0.15) is 0 Å². The van der Waals surface area contributed by atoms with Crippen molar-refractivity contribution in [2.45, 2.75) is 25.3 Å². The van der Waals surface area contributed by atoms with E-state index in [2.05, 4.69) is 5.32 Å². The van der Waals surface area contributed by atoms with Crippen LogP contribution >= 0.6 is 11.3 Å². The summed E-state index contributed by atoms with van der Waals surface area (Å²) in [6, 6.07) is 3.99. The summed E-state index contributed by atoms with van der Waals surface area (Å²) in [4.78, 5) is 26.4. The number of nitrogens with one attached hydrogen (secondary N) is 1. The molecule has 2 aliphatic rings. The normalized spacial score (nSPS) is 18.8. The van der Waals surface area contributed by atoms with Gasteiger partial charge in [0.1, 0.15) is 22.6 Å². The zero-order chi connectivity index (χ0) is 19.0. The van der Waals surface area contributed by atoms with Gasteiger partial charge in [0.15, 0.2) is 0 Å². The summed E-state index contributed by atoms with van der Waals surface area (Å²) in [6.07, 6.45) is 2.15. The molecule has 2 aliphatic heterocycles. The highest BCUT2D eigenvalue weighted by atomic mass is 32.1. The molecule has 4 rings (SSSR count). The van der Waals surface area contributed by atoms with Crippen LogP contribution in [0.15, 0.2) is 23.6 Å². The smallest absolute Gasteiger partial charge is 0.340 e. The first-order valence-corrected chi connectivity index (χ1v) is 9.65. The number of carbonyl (C=O) groups is 2. The highest BCUT2D eigenvalue weighted by molar-refractivity contribution is 7.14. The number of carbonyl (C=O) groups excluding carboxylic acids is 2. The molecule has 1 fully saturated rings. The lowest BCUT2D eigenvalue weighted by molar-refractivity contribution is -0.117. The lowest BCUT2D eigenvalue weighted by atomic mass is 10.0. The Bertz CT molecular complexity index is 898. The minimum atomic E-state index is -0.506. The molecule has 142 valence electrons. The number of fused-ring (bicyclic) bond motifs is 1. The van der Waals surface area contributed by atoms with E-state index in [-0.39, 0.29) is 11.7 Å². The van der Waals surface area contributed by atoms with Crippen molar-refractivity contribution in [2.75, 3.05) is 30.5 Å². The molecular weight excluding hydrogens is 371 g/mol. The molecule has 1 saturated heterocycles. The Morgan fingerprint density at radius 3 is 3.11 bits per heavy atom. The number of nitrogens with zero attached hydrogens (tertiary/aromatic N) is 1. The van der Waals surface area contributed by atoms with Gasteiger partial charge < -0.3 is 19.7 Å². The molecule has 1 atom stereocenters. The van der Waals surface area contributed by atoms with Gasteiger partial charge in [0, 0.05) is 12.6 Å². The van der Waals surface area contributed by atoms with Crippen molar-refractivity contribution in [1.82, 2.24) is 0 Å². The molecule has 8 heteroatoms. The van der Waals surface area contributed by atoms with Crippen molar-refractivity contribution in [2.24, 2.45) is 0 Å². The molecule has 1 unspecified atom stereocenters. The van der Waals surface area contributed by atoms with E-state index in [9.17, 15) is 14.0 Å². The van der Waals surface area contributed by atoms with Crippen LogP contribution in [0, 0.1) is 5.82 Å². The average Bonchev–Trinajstić information content (AvgIpc) is 3.28. The molecule has 1 N–H and O–H groups in total. The Balaban J connectivity index is 1.56. The van der Waals surface area contributed by atoms with Crippen molar-refractivity contribution >= 4 is 33.9 Å². The van der Waals surface area contributed by atoms with E-state index < -0.39 is 12.0 Å². The molecule has 2 aromatic rings. The van der Waals surface area contributed by atoms with Crippen LogP contribution in [-0.4, -0.2) is 38.2 Å². The topological polar surface area (TPSA) is 67.9 Å². The van der Waals surface area contributed by atoms with Crippen molar-refractivity contribution in [3.63, 3.8) is 0 Å². The maximum Gasteiger partial charge on any atom is 0.340 e. The van der Waals surface area contributed by atoms with E-state index >= 15 is 0 Å². The molecule has 1 amide bonds. The van der Waals surface area contributed by atoms with Gasteiger partial charge in [-0.25, -0.2) is 9.18 Å². The number of hydrogen-bond acceptors (Lipinski definition) is 6. The van der Waals surface area contributed by atoms with Crippen molar-refractivity contribution in [1.29, 1.82) is 0 Å². The Morgan fingerprint density at radius 1 is 1.44 bits per heavy atom. The SMILES string of the molecule is COC(=O)c1ccsc1N1CCC(Nc2cc(F)cc3c2OCCC3)C1=O. The quantitative estimate of drug-likeness (QED) is 0.812. The largest absolute Gasteiger partial charge is 0.491 e. The Hall–Kier alpha value is -2.61. The average molecular weight is 390 g/mol. The van der Waals surface area contributed by atoms with Crippen LogP contribution in [0.4, 0.5) is 15.1 Å². The predicted octanol–water partition coefficient (Wildman–Crippen LogP) is 3.22. The van der Waals surface area contributed by atoms with Crippen molar-refractivity contribution < 1.29 is 23.5 Å². The van der Waals surface area contributed by atoms with Crippen molar-refractivity contribution in [3.05, 3.63) is 40.5 Å². The molecule has 0 aliphatic carbocycles. The highest BCUT2D eigenvalue weighted by Gasteiger charge is 2.36. The fourth-order valence-electron chi connectivity index (χ4n) is 3.53. The summed E-state index contributed by atoms with van der Waals surface area (Å²) in [5, 5.41) is 5.48. The van der Waals surface area contributed by atoms with E-state index in [0.717, 1.165) is 18.4 Å². The number of amides is 1. The van der Waals surface area contributed by atoms with E-state index in [1.165, 1.54) is 30.6 Å². The molecule has 3 heterocycles. The number of halogens is 1. The van der Waals surface area contributed by atoms with Crippen molar-refractivity contribution in [3.8, 4) is 5.75 Å². The Labute approximate surface area is 159 Å². The lowest BCUT2D eigenvalue weighted by Gasteiger charge is -2.23. The zero-order valence-corrected chi connectivity index (χ0v) is 15.6. The number of benzene rings is 1. The van der Waals surface area contributed by atoms with Crippen LogP contribution in [0.3, 0.4) is 0 Å². The second-order valence-electron chi connectivity index (χ2n) is 6.50. The molecule has 1 aromatic carbocycles. The standard InChI is InChI=1S/C19H19FN2O4S/c1-25-19(24)13-5-8-27-18(13)22-6-4-14(17(22)23)21-15-10-12(20)9-11-3-2-7-26-16(11)15/h5,8-10,14,21H,2-4,6-7H2,1H3. The third-order valence-electron chi connectivity index (χ3n) is 4.80. The molecule has 1 aromatic heterocycles. The van der Waals surface area contributed by atoms with E-state index in [1.54, 1.807) is 16.3 Å². The van der Waals surface area contributed by atoms with Gasteiger partial charge in [-0.3, -0.25) is 4.79 Å². The summed E-state index contributed by atoms with van der Waals surface area (Å²) in [7, 11) is 1.31. The first kappa shape index (κ1) is 17.8. The van der Waals surface area contributed by atoms with Crippen LogP contribution < -0.4 is 15.0 Å². The first-order chi connectivity index (χ1) is 13.1. The molecule has 0 spiro atoms. The summed E-state index contributed by atoms with van der Waals surface area (Å²) in [5.74, 6) is -0.352. The maximum absolute atomic E-state index is 14.0. The monoisotopic (exact) mass is 390 g/mol. The second kappa shape index (κ2) is 7.19. The Kier molecular flexibility index (Phi) is 4.73. The third-order valence-corrected chi connectivity index (χ3v) is 5.73. The molecule has 0 bridgehead atoms. The summed E-state index contributed by atoms with van der Waals surface area (Å²) in [6.45, 7) is 1.05. The number of rotatable bonds is 4. The van der Waals surface area contributed by atoms with Gasteiger partial charge >= 0.3 is 5.97 Å². The molecular formula is C19H19FN2O4S. The number of esters is 1. The minimum absolute atomic E-state index is 0.156. The van der Waals surface area contributed by atoms with Crippen LogP contribution in [0.5, 0.6) is 5.75 Å². The molecule has 27 heavy (non-hydrogen) atoms. The Morgan fingerprint density at radius 2 is 2.30 bits per heavy atom. The minimum Gasteiger partial charge on any atom is -0.491 e. The summed E-state index contributed by atoms with van der Waals surface area (Å²) in [5.41, 5.74) is 1.70. The fraction of sp³-hybridized carbons (Fsp3) is 0.368. The van der Waals surface area contributed by atoms with E-state index in [4.69, 9.17) is 9.47 Å². The number of methoxy groups -OCH3 is 1. The van der Waals surface area contributed by atoms with Crippen LogP contribution in [0.2, 0.25) is 0 Å². The van der Waals surface area contributed by atoms with Gasteiger partial charge in [0.05, 0.1) is 25.0 Å². The van der Waals surface area contributed by atoms with Gasteiger partial charge in [-0.15, -0.1) is 11.3 Å². The first-order valence-electron chi connectivity index (χ1n) is 8.77. The van der Waals surface area contributed by atoms with Gasteiger partial charge in [0.25, 0.3) is 0 Å². The third kappa shape index (κ3) is 3.25. The summed E-state index contributed by atoms with van der Waals surface area (Å²) >= 11 is 1.32. The fourth-order valence-corrected chi connectivity index (χ4v) is 4.45. The number of aryl methyl sites for hydroxylation is 1. The number of hydrogen-bond donors (Lipinski definition) is 1. The number of thiophene rings is 1. The highest BCUT2D eigenvalue weighted by Crippen LogP contribution is 2.37. The maximum atomic E-state index is 14.0. The summed E-state index contributed by atoms with van der Waals surface area (Å²) < 4.78 is 24.5. The van der Waals surface area contributed by atoms with Crippen LogP contribution in [0.1, 0.15) is 28.8 Å². The number of ether oxygens (including phenoxy) is 2.